The molecule has 0 radical (unpaired) electrons. The first kappa shape index (κ1) is 11.0. The van der Waals surface area contributed by atoms with E-state index in [1.807, 2.05) is 12.1 Å². The van der Waals surface area contributed by atoms with Crippen LogP contribution in [0.4, 0.5) is 5.00 Å². The molecule has 0 atom stereocenters. The van der Waals surface area contributed by atoms with E-state index in [9.17, 15) is 0 Å². The van der Waals surface area contributed by atoms with Gasteiger partial charge in [-0.05, 0) is 43.2 Å². The number of benzene rings is 1. The van der Waals surface area contributed by atoms with Crippen molar-refractivity contribution in [2.24, 2.45) is 0 Å². The van der Waals surface area contributed by atoms with Crippen LogP contribution in [0.2, 0.25) is 0 Å². The molecule has 1 aromatic carbocycles. The lowest BCUT2D eigenvalue weighted by atomic mass is 10.0. The minimum atomic E-state index is 0.831. The molecule has 0 amide bonds. The van der Waals surface area contributed by atoms with Gasteiger partial charge in [-0.25, -0.2) is 0 Å². The Hall–Kier alpha value is -1.48. The molecule has 0 unspecified atom stereocenters. The van der Waals surface area contributed by atoms with E-state index in [0.29, 0.717) is 0 Å². The lowest BCUT2D eigenvalue weighted by Gasteiger charge is -2.11. The number of rotatable bonds is 2. The Bertz CT molecular complexity index is 517. The van der Waals surface area contributed by atoms with Crippen molar-refractivity contribution in [1.29, 1.82) is 0 Å². The van der Waals surface area contributed by atoms with Crippen molar-refractivity contribution in [1.82, 2.24) is 0 Å². The second kappa shape index (κ2) is 4.18. The summed E-state index contributed by atoms with van der Waals surface area (Å²) in [6.07, 6.45) is 0. The summed E-state index contributed by atoms with van der Waals surface area (Å²) in [5.41, 5.74) is 9.34. The van der Waals surface area contributed by atoms with Gasteiger partial charge in [0.15, 0.2) is 0 Å². The van der Waals surface area contributed by atoms with Crippen LogP contribution in [0.3, 0.4) is 0 Å². The molecule has 2 nitrogen and oxygen atoms in total. The molecule has 16 heavy (non-hydrogen) atoms. The van der Waals surface area contributed by atoms with E-state index in [1.54, 1.807) is 18.4 Å². The summed E-state index contributed by atoms with van der Waals surface area (Å²) in [5.74, 6) is 0.916. The Balaban J connectivity index is 2.63. The molecule has 0 aliphatic rings. The number of anilines is 1. The summed E-state index contributed by atoms with van der Waals surface area (Å²) < 4.78 is 5.44. The number of thiophene rings is 1. The van der Waals surface area contributed by atoms with E-state index in [0.717, 1.165) is 21.2 Å². The van der Waals surface area contributed by atoms with Crippen LogP contribution in [0.15, 0.2) is 24.3 Å². The predicted molar refractivity (Wildman–Crippen MR) is 70.2 cm³/mol. The second-order valence-corrected chi connectivity index (χ2v) is 4.98. The molecule has 1 heterocycles. The summed E-state index contributed by atoms with van der Waals surface area (Å²) >= 11 is 1.59. The maximum Gasteiger partial charge on any atom is 0.128 e. The fraction of sp³-hybridized carbons (Fsp3) is 0.231. The first-order valence-corrected chi connectivity index (χ1v) is 5.94. The van der Waals surface area contributed by atoms with Crippen molar-refractivity contribution in [3.63, 3.8) is 0 Å². The van der Waals surface area contributed by atoms with Crippen molar-refractivity contribution in [2.75, 3.05) is 12.8 Å². The zero-order chi connectivity index (χ0) is 11.7. The topological polar surface area (TPSA) is 35.2 Å². The molecule has 2 aromatic rings. The standard InChI is InChI=1S/C13H15NOS/c1-8-6-9(2)13(10(7-8)15-3)11-4-5-12(14)16-11/h4-7H,14H2,1-3H3. The highest BCUT2D eigenvalue weighted by Gasteiger charge is 2.11. The minimum absolute atomic E-state index is 0.831. The van der Waals surface area contributed by atoms with Gasteiger partial charge in [-0.2, -0.15) is 0 Å². The minimum Gasteiger partial charge on any atom is -0.496 e. The smallest absolute Gasteiger partial charge is 0.128 e. The molecule has 0 bridgehead atoms. The van der Waals surface area contributed by atoms with Gasteiger partial charge in [-0.1, -0.05) is 6.07 Å². The first-order valence-electron chi connectivity index (χ1n) is 5.12. The number of ether oxygens (including phenoxy) is 1. The van der Waals surface area contributed by atoms with Gasteiger partial charge in [-0.3, -0.25) is 0 Å². The Morgan fingerprint density at radius 3 is 2.50 bits per heavy atom. The van der Waals surface area contributed by atoms with Crippen LogP contribution in [0.5, 0.6) is 5.75 Å². The van der Waals surface area contributed by atoms with Crippen molar-refractivity contribution < 1.29 is 4.74 Å². The molecule has 2 N–H and O–H groups in total. The number of aryl methyl sites for hydroxylation is 2. The van der Waals surface area contributed by atoms with Gasteiger partial charge in [0.25, 0.3) is 0 Å². The van der Waals surface area contributed by atoms with Crippen molar-refractivity contribution in [3.8, 4) is 16.2 Å². The van der Waals surface area contributed by atoms with E-state index in [1.165, 1.54) is 11.1 Å². The zero-order valence-electron chi connectivity index (χ0n) is 9.70. The SMILES string of the molecule is COc1cc(C)cc(C)c1-c1ccc(N)s1. The van der Waals surface area contributed by atoms with Crippen LogP contribution in [-0.2, 0) is 0 Å². The lowest BCUT2D eigenvalue weighted by Crippen LogP contribution is -1.91. The molecule has 0 saturated carbocycles. The molecule has 0 fully saturated rings. The first-order chi connectivity index (χ1) is 7.61. The maximum absolute atomic E-state index is 5.77. The molecule has 0 spiro atoms. The fourth-order valence-electron chi connectivity index (χ4n) is 1.89. The van der Waals surface area contributed by atoms with Gasteiger partial charge < -0.3 is 10.5 Å². The molecular weight excluding hydrogens is 218 g/mol. The van der Waals surface area contributed by atoms with Gasteiger partial charge in [-0.15, -0.1) is 11.3 Å². The van der Waals surface area contributed by atoms with Crippen molar-refractivity contribution in [3.05, 3.63) is 35.4 Å². The van der Waals surface area contributed by atoms with Crippen molar-refractivity contribution in [2.45, 2.75) is 13.8 Å². The molecule has 0 saturated heterocycles. The normalized spacial score (nSPS) is 10.4. The monoisotopic (exact) mass is 233 g/mol. The summed E-state index contributed by atoms with van der Waals surface area (Å²) in [5, 5.41) is 0.831. The van der Waals surface area contributed by atoms with Crippen LogP contribution in [0.25, 0.3) is 10.4 Å². The van der Waals surface area contributed by atoms with Gasteiger partial charge in [0, 0.05) is 10.4 Å². The number of hydrogen-bond donors (Lipinski definition) is 1. The van der Waals surface area contributed by atoms with E-state index < -0.39 is 0 Å². The second-order valence-electron chi connectivity index (χ2n) is 3.86. The third-order valence-corrected chi connectivity index (χ3v) is 3.47. The van der Waals surface area contributed by atoms with Crippen LogP contribution in [0, 0.1) is 13.8 Å². The molecule has 2 rings (SSSR count). The predicted octanol–water partition coefficient (Wildman–Crippen LogP) is 3.62. The third-order valence-electron chi connectivity index (χ3n) is 2.54. The summed E-state index contributed by atoms with van der Waals surface area (Å²) in [6.45, 7) is 4.17. The quantitative estimate of drug-likeness (QED) is 0.859. The molecule has 84 valence electrons. The fourth-order valence-corrected chi connectivity index (χ4v) is 2.78. The number of methoxy groups -OCH3 is 1. The van der Waals surface area contributed by atoms with Gasteiger partial charge in [0.2, 0.25) is 0 Å². The summed E-state index contributed by atoms with van der Waals surface area (Å²) in [6, 6.07) is 8.19. The molecule has 1 aromatic heterocycles. The van der Waals surface area contributed by atoms with Crippen molar-refractivity contribution >= 4 is 16.3 Å². The highest BCUT2D eigenvalue weighted by Crippen LogP contribution is 2.38. The number of nitrogens with two attached hydrogens (primary N) is 1. The third kappa shape index (κ3) is 1.91. The lowest BCUT2D eigenvalue weighted by molar-refractivity contribution is 0.416. The number of nitrogen functional groups attached to an aromatic ring is 1. The van der Waals surface area contributed by atoms with Crippen LogP contribution in [0.1, 0.15) is 11.1 Å². The van der Waals surface area contributed by atoms with Crippen LogP contribution >= 0.6 is 11.3 Å². The maximum atomic E-state index is 5.77. The molecule has 0 aliphatic heterocycles. The van der Waals surface area contributed by atoms with Crippen LogP contribution in [-0.4, -0.2) is 7.11 Å². The summed E-state index contributed by atoms with van der Waals surface area (Å²) in [4.78, 5) is 1.16. The average molecular weight is 233 g/mol. The highest BCUT2D eigenvalue weighted by molar-refractivity contribution is 7.19. The Morgan fingerprint density at radius 1 is 1.19 bits per heavy atom. The molecule has 0 aliphatic carbocycles. The molecular formula is C13H15NOS. The molecule has 3 heteroatoms. The average Bonchev–Trinajstić information content (AvgIpc) is 2.63. The zero-order valence-corrected chi connectivity index (χ0v) is 10.5. The van der Waals surface area contributed by atoms with E-state index in [4.69, 9.17) is 10.5 Å². The van der Waals surface area contributed by atoms with Gasteiger partial charge >= 0.3 is 0 Å². The Labute approximate surface area is 99.7 Å². The van der Waals surface area contributed by atoms with E-state index >= 15 is 0 Å². The number of hydrogen-bond acceptors (Lipinski definition) is 3. The Kier molecular flexibility index (Phi) is 2.88. The van der Waals surface area contributed by atoms with E-state index in [-0.39, 0.29) is 0 Å². The largest absolute Gasteiger partial charge is 0.496 e. The van der Waals surface area contributed by atoms with Crippen LogP contribution < -0.4 is 10.5 Å². The van der Waals surface area contributed by atoms with Gasteiger partial charge in [0.1, 0.15) is 5.75 Å². The highest BCUT2D eigenvalue weighted by atomic mass is 32.1. The Morgan fingerprint density at radius 2 is 1.94 bits per heavy atom. The van der Waals surface area contributed by atoms with E-state index in [2.05, 4.69) is 26.0 Å². The van der Waals surface area contributed by atoms with Gasteiger partial charge in [0.05, 0.1) is 12.1 Å². The summed E-state index contributed by atoms with van der Waals surface area (Å²) in [7, 11) is 1.70.